The minimum atomic E-state index is 0.222. The van der Waals surface area contributed by atoms with Gasteiger partial charge in [-0.15, -0.1) is 0 Å². The van der Waals surface area contributed by atoms with Crippen molar-refractivity contribution in [1.82, 2.24) is 20.4 Å². The molecule has 52 heavy (non-hydrogen) atoms. The van der Waals surface area contributed by atoms with Crippen molar-refractivity contribution in [3.05, 3.63) is 0 Å². The molecule has 2 amide bonds. The van der Waals surface area contributed by atoms with E-state index >= 15 is 0 Å². The van der Waals surface area contributed by atoms with Gasteiger partial charge in [0, 0.05) is 38.5 Å². The number of nitrogens with one attached hydrogen (secondary N) is 2. The number of hydrogen-bond donors (Lipinski definition) is 2. The molecule has 2 N–H and O–H groups in total. The second kappa shape index (κ2) is 39.6. The zero-order valence-electron chi connectivity index (χ0n) is 36.3. The van der Waals surface area contributed by atoms with Gasteiger partial charge in [0.2, 0.25) is 11.8 Å². The third-order valence-corrected chi connectivity index (χ3v) is 11.4. The highest BCUT2D eigenvalue weighted by atomic mass is 16.2. The molecule has 0 aliphatic carbocycles. The van der Waals surface area contributed by atoms with Crippen LogP contribution in [0, 0.1) is 0 Å². The Hall–Kier alpha value is -1.14. The zero-order valence-corrected chi connectivity index (χ0v) is 36.3. The number of hydrogen-bond acceptors (Lipinski definition) is 4. The Labute approximate surface area is 326 Å². The molecule has 0 heterocycles. The van der Waals surface area contributed by atoms with Crippen LogP contribution in [0.3, 0.4) is 0 Å². The summed E-state index contributed by atoms with van der Waals surface area (Å²) in [6, 6.07) is 0.465. The van der Waals surface area contributed by atoms with Crippen molar-refractivity contribution in [3.8, 4) is 0 Å². The highest BCUT2D eigenvalue weighted by molar-refractivity contribution is 5.76. The first kappa shape index (κ1) is 50.9. The lowest BCUT2D eigenvalue weighted by atomic mass is 10.0. The van der Waals surface area contributed by atoms with Crippen molar-refractivity contribution in [1.29, 1.82) is 0 Å². The largest absolute Gasteiger partial charge is 0.356 e. The van der Waals surface area contributed by atoms with E-state index < -0.39 is 0 Å². The summed E-state index contributed by atoms with van der Waals surface area (Å²) in [4.78, 5) is 29.9. The highest BCUT2D eigenvalue weighted by Crippen LogP contribution is 2.16. The molecule has 0 aliphatic rings. The monoisotopic (exact) mass is 735 g/mol. The molecule has 0 bridgehead atoms. The van der Waals surface area contributed by atoms with Gasteiger partial charge in [-0.1, -0.05) is 182 Å². The summed E-state index contributed by atoms with van der Waals surface area (Å²) in [5.74, 6) is 0.449. The molecule has 0 aromatic rings. The average molecular weight is 735 g/mol. The molecular formula is C46H94N4O2. The summed E-state index contributed by atoms with van der Waals surface area (Å²) in [5.41, 5.74) is 0. The zero-order chi connectivity index (χ0) is 38.3. The lowest BCUT2D eigenvalue weighted by molar-refractivity contribution is -0.122. The van der Waals surface area contributed by atoms with Crippen molar-refractivity contribution < 1.29 is 9.59 Å². The predicted octanol–water partition coefficient (Wildman–Crippen LogP) is 12.7. The number of unbranched alkanes of at least 4 members (excludes halogenated alkanes) is 24. The van der Waals surface area contributed by atoms with Gasteiger partial charge in [0.05, 0.1) is 6.17 Å². The molecule has 0 radical (unpaired) electrons. The minimum absolute atomic E-state index is 0.222. The summed E-state index contributed by atoms with van der Waals surface area (Å²) >= 11 is 0. The van der Waals surface area contributed by atoms with Gasteiger partial charge >= 0.3 is 0 Å². The third-order valence-electron chi connectivity index (χ3n) is 11.4. The molecule has 0 saturated carbocycles. The fourth-order valence-corrected chi connectivity index (χ4v) is 7.85. The molecule has 0 aromatic carbocycles. The van der Waals surface area contributed by atoms with E-state index in [2.05, 4.69) is 62.0 Å². The van der Waals surface area contributed by atoms with Crippen LogP contribution >= 0.6 is 0 Å². The highest BCUT2D eigenvalue weighted by Gasteiger charge is 2.23. The van der Waals surface area contributed by atoms with Crippen LogP contribution in [0.2, 0.25) is 0 Å². The standard InChI is InChI=1S/C46H94N4O2/c1-7-11-13-15-17-19-21-23-25-27-29-31-33-38-45(51)47-40-35-37-43(5)50(10-4)44(6)49(9-3)42-36-41-48-46(52)39-34-32-30-28-26-24-22-20-18-16-14-12-8-2/h43-44H,7-42H2,1-6H3,(H,47,51)(H,48,52). The van der Waals surface area contributed by atoms with Gasteiger partial charge in [0.15, 0.2) is 0 Å². The van der Waals surface area contributed by atoms with Crippen LogP contribution in [0.15, 0.2) is 0 Å². The number of carbonyl (C=O) groups is 2. The Morgan fingerprint density at radius 1 is 0.442 bits per heavy atom. The van der Waals surface area contributed by atoms with E-state index in [9.17, 15) is 9.59 Å². The molecule has 0 fully saturated rings. The fraction of sp³-hybridized carbons (Fsp3) is 0.957. The van der Waals surface area contributed by atoms with Crippen LogP contribution in [0.5, 0.6) is 0 Å². The maximum Gasteiger partial charge on any atom is 0.219 e. The second-order valence-corrected chi connectivity index (χ2v) is 16.1. The Morgan fingerprint density at radius 2 is 0.788 bits per heavy atom. The van der Waals surface area contributed by atoms with E-state index in [4.69, 9.17) is 0 Å². The molecule has 2 atom stereocenters. The van der Waals surface area contributed by atoms with E-state index in [0.717, 1.165) is 64.8 Å². The molecule has 0 aromatic heterocycles. The van der Waals surface area contributed by atoms with Crippen LogP contribution < -0.4 is 10.6 Å². The van der Waals surface area contributed by atoms with Gasteiger partial charge in [-0.2, -0.15) is 0 Å². The normalized spacial score (nSPS) is 12.8. The molecule has 0 saturated heterocycles. The first-order chi connectivity index (χ1) is 25.4. The Morgan fingerprint density at radius 3 is 1.13 bits per heavy atom. The Balaban J connectivity index is 3.89. The first-order valence-corrected chi connectivity index (χ1v) is 23.4. The van der Waals surface area contributed by atoms with E-state index in [1.54, 1.807) is 0 Å². The summed E-state index contributed by atoms with van der Waals surface area (Å²) in [6.07, 6.45) is 39.5. The Kier molecular flexibility index (Phi) is 38.7. The van der Waals surface area contributed by atoms with E-state index in [0.29, 0.717) is 25.0 Å². The Bertz CT molecular complexity index is 763. The molecular weight excluding hydrogens is 641 g/mol. The van der Waals surface area contributed by atoms with Crippen LogP contribution in [-0.4, -0.2) is 66.5 Å². The summed E-state index contributed by atoms with van der Waals surface area (Å²) in [5, 5.41) is 6.35. The van der Waals surface area contributed by atoms with Crippen molar-refractivity contribution in [2.24, 2.45) is 0 Å². The third kappa shape index (κ3) is 32.3. The summed E-state index contributed by atoms with van der Waals surface area (Å²) in [7, 11) is 0. The number of nitrogens with zero attached hydrogens (tertiary/aromatic N) is 2. The van der Waals surface area contributed by atoms with Crippen LogP contribution in [0.1, 0.15) is 241 Å². The van der Waals surface area contributed by atoms with Crippen LogP contribution in [0.4, 0.5) is 0 Å². The van der Waals surface area contributed by atoms with Crippen molar-refractivity contribution in [2.45, 2.75) is 253 Å². The topological polar surface area (TPSA) is 64.7 Å². The lowest BCUT2D eigenvalue weighted by Crippen LogP contribution is -2.50. The first-order valence-electron chi connectivity index (χ1n) is 23.4. The smallest absolute Gasteiger partial charge is 0.219 e. The molecule has 6 heteroatoms. The molecule has 0 aliphatic heterocycles. The van der Waals surface area contributed by atoms with Crippen molar-refractivity contribution in [3.63, 3.8) is 0 Å². The molecule has 2 unspecified atom stereocenters. The lowest BCUT2D eigenvalue weighted by Gasteiger charge is -2.40. The number of amides is 2. The SMILES string of the molecule is CCCCCCCCCCCCCCCC(=O)NCCCC(C)N(CC)C(C)N(CC)CCCNC(=O)CCCCCCCCCCCCCCC. The maximum atomic E-state index is 12.4. The van der Waals surface area contributed by atoms with Gasteiger partial charge in [0.25, 0.3) is 0 Å². The van der Waals surface area contributed by atoms with Crippen LogP contribution in [0.25, 0.3) is 0 Å². The van der Waals surface area contributed by atoms with Gasteiger partial charge in [-0.3, -0.25) is 19.4 Å². The van der Waals surface area contributed by atoms with Gasteiger partial charge < -0.3 is 10.6 Å². The van der Waals surface area contributed by atoms with Gasteiger partial charge in [-0.05, 0) is 59.0 Å². The van der Waals surface area contributed by atoms with Crippen LogP contribution in [-0.2, 0) is 9.59 Å². The molecule has 0 rings (SSSR count). The van der Waals surface area contributed by atoms with Crippen molar-refractivity contribution in [2.75, 3.05) is 32.7 Å². The molecule has 0 spiro atoms. The second-order valence-electron chi connectivity index (χ2n) is 16.1. The maximum absolute atomic E-state index is 12.4. The minimum Gasteiger partial charge on any atom is -0.356 e. The summed E-state index contributed by atoms with van der Waals surface area (Å²) < 4.78 is 0. The van der Waals surface area contributed by atoms with Crippen molar-refractivity contribution >= 4 is 11.8 Å². The van der Waals surface area contributed by atoms with E-state index in [-0.39, 0.29) is 11.8 Å². The predicted molar refractivity (Wildman–Crippen MR) is 229 cm³/mol. The average Bonchev–Trinajstić information content (AvgIpc) is 3.14. The molecule has 310 valence electrons. The van der Waals surface area contributed by atoms with Gasteiger partial charge in [0.1, 0.15) is 0 Å². The van der Waals surface area contributed by atoms with Gasteiger partial charge in [-0.25, -0.2) is 0 Å². The molecule has 6 nitrogen and oxygen atoms in total. The number of carbonyl (C=O) groups excluding carboxylic acids is 2. The van der Waals surface area contributed by atoms with E-state index in [1.165, 1.54) is 154 Å². The quantitative estimate of drug-likeness (QED) is 0.0485. The summed E-state index contributed by atoms with van der Waals surface area (Å²) in [6.45, 7) is 18.3. The fourth-order valence-electron chi connectivity index (χ4n) is 7.85. The number of rotatable bonds is 41. The van der Waals surface area contributed by atoms with E-state index in [1.807, 2.05) is 0 Å².